The van der Waals surface area contributed by atoms with E-state index in [0.717, 1.165) is 5.56 Å². The summed E-state index contributed by atoms with van der Waals surface area (Å²) >= 11 is 0. The Morgan fingerprint density at radius 3 is 2.71 bits per heavy atom. The minimum atomic E-state index is -0.947. The van der Waals surface area contributed by atoms with E-state index in [4.69, 9.17) is 9.84 Å². The van der Waals surface area contributed by atoms with Crippen molar-refractivity contribution in [1.82, 2.24) is 4.98 Å². The zero-order chi connectivity index (χ0) is 12.3. The van der Waals surface area contributed by atoms with E-state index in [2.05, 4.69) is 4.98 Å². The molecule has 2 aromatic rings. The first-order valence-corrected chi connectivity index (χ1v) is 5.09. The van der Waals surface area contributed by atoms with E-state index >= 15 is 0 Å². The van der Waals surface area contributed by atoms with Crippen LogP contribution in [0, 0.1) is 6.92 Å². The predicted octanol–water partition coefficient (Wildman–Crippen LogP) is 2.88. The summed E-state index contributed by atoms with van der Waals surface area (Å²) in [6, 6.07) is 10.1. The van der Waals surface area contributed by atoms with Gasteiger partial charge in [-0.1, -0.05) is 6.07 Å². The topological polar surface area (TPSA) is 59.4 Å². The summed E-state index contributed by atoms with van der Waals surface area (Å²) in [6.45, 7) is 1.80. The number of aromatic nitrogens is 1. The molecule has 2 rings (SSSR count). The van der Waals surface area contributed by atoms with Gasteiger partial charge in [-0.25, -0.2) is 9.78 Å². The summed E-state index contributed by atoms with van der Waals surface area (Å²) in [5, 5.41) is 8.84. The van der Waals surface area contributed by atoms with E-state index in [0.29, 0.717) is 11.6 Å². The lowest BCUT2D eigenvalue weighted by molar-refractivity contribution is 0.0697. The molecule has 1 aromatic heterocycles. The van der Waals surface area contributed by atoms with Crippen LogP contribution in [0.2, 0.25) is 0 Å². The smallest absolute Gasteiger partial charge is 0.335 e. The minimum absolute atomic E-state index is 0.246. The van der Waals surface area contributed by atoms with Gasteiger partial charge in [0.05, 0.1) is 5.56 Å². The van der Waals surface area contributed by atoms with Crippen LogP contribution in [-0.4, -0.2) is 16.1 Å². The van der Waals surface area contributed by atoms with Crippen molar-refractivity contribution in [2.45, 2.75) is 6.92 Å². The Morgan fingerprint density at radius 1 is 1.29 bits per heavy atom. The first-order chi connectivity index (χ1) is 8.16. The maximum Gasteiger partial charge on any atom is 0.335 e. The van der Waals surface area contributed by atoms with Crippen LogP contribution in [0.4, 0.5) is 0 Å². The largest absolute Gasteiger partial charge is 0.478 e. The van der Waals surface area contributed by atoms with Gasteiger partial charge in [-0.2, -0.15) is 0 Å². The second-order valence-corrected chi connectivity index (χ2v) is 3.56. The summed E-state index contributed by atoms with van der Waals surface area (Å²) in [4.78, 5) is 14.8. The molecule has 0 aliphatic heterocycles. The van der Waals surface area contributed by atoms with Gasteiger partial charge in [-0.3, -0.25) is 0 Å². The number of aromatic carboxylic acids is 1. The average molecular weight is 229 g/mol. The van der Waals surface area contributed by atoms with Gasteiger partial charge < -0.3 is 9.84 Å². The summed E-state index contributed by atoms with van der Waals surface area (Å²) < 4.78 is 5.54. The second-order valence-electron chi connectivity index (χ2n) is 3.56. The zero-order valence-electron chi connectivity index (χ0n) is 9.25. The van der Waals surface area contributed by atoms with Crippen molar-refractivity contribution in [1.29, 1.82) is 0 Å². The third kappa shape index (κ3) is 2.60. The van der Waals surface area contributed by atoms with Gasteiger partial charge in [0.1, 0.15) is 5.75 Å². The van der Waals surface area contributed by atoms with Crippen LogP contribution in [-0.2, 0) is 0 Å². The van der Waals surface area contributed by atoms with E-state index in [1.807, 2.05) is 6.07 Å². The molecule has 1 N–H and O–H groups in total. The first-order valence-electron chi connectivity index (χ1n) is 5.09. The zero-order valence-corrected chi connectivity index (χ0v) is 9.25. The fraction of sp³-hybridized carbons (Fsp3) is 0.0769. The molecule has 0 radical (unpaired) electrons. The lowest BCUT2D eigenvalue weighted by Gasteiger charge is -2.07. The quantitative estimate of drug-likeness (QED) is 0.879. The third-order valence-electron chi connectivity index (χ3n) is 2.27. The Hall–Kier alpha value is -2.36. The molecule has 0 saturated heterocycles. The summed E-state index contributed by atoms with van der Waals surface area (Å²) in [5.41, 5.74) is 1.01. The first kappa shape index (κ1) is 11.1. The number of nitrogens with zero attached hydrogens (tertiary/aromatic N) is 1. The number of ether oxygens (including phenoxy) is 1. The highest BCUT2D eigenvalue weighted by Crippen LogP contribution is 2.24. The summed E-state index contributed by atoms with van der Waals surface area (Å²) in [5.74, 6) is 0.143. The molecule has 0 aliphatic rings. The molecule has 17 heavy (non-hydrogen) atoms. The number of carbonyl (C=O) groups is 1. The Labute approximate surface area is 98.5 Å². The normalized spacial score (nSPS) is 9.94. The van der Waals surface area contributed by atoms with Crippen LogP contribution in [0.3, 0.4) is 0 Å². The van der Waals surface area contributed by atoms with Gasteiger partial charge in [-0.05, 0) is 36.8 Å². The van der Waals surface area contributed by atoms with E-state index < -0.39 is 5.97 Å². The maximum absolute atomic E-state index is 10.8. The molecule has 4 heteroatoms. The highest BCUT2D eigenvalue weighted by molar-refractivity contribution is 5.88. The average Bonchev–Trinajstić information content (AvgIpc) is 2.33. The molecule has 86 valence electrons. The molecule has 0 fully saturated rings. The molecule has 1 heterocycles. The minimum Gasteiger partial charge on any atom is -0.478 e. The maximum atomic E-state index is 10.8. The molecule has 0 atom stereocenters. The summed E-state index contributed by atoms with van der Waals surface area (Å²) in [6.07, 6.45) is 1.64. The molecule has 0 unspecified atom stereocenters. The highest BCUT2D eigenvalue weighted by atomic mass is 16.5. The fourth-order valence-electron chi connectivity index (χ4n) is 1.42. The second kappa shape index (κ2) is 4.65. The van der Waals surface area contributed by atoms with Crippen LogP contribution in [0.1, 0.15) is 15.9 Å². The van der Waals surface area contributed by atoms with Crippen LogP contribution in [0.15, 0.2) is 42.6 Å². The number of hydrogen-bond donors (Lipinski definition) is 1. The number of pyridine rings is 1. The van der Waals surface area contributed by atoms with Crippen molar-refractivity contribution < 1.29 is 14.6 Å². The van der Waals surface area contributed by atoms with Crippen LogP contribution in [0.5, 0.6) is 11.6 Å². The SMILES string of the molecule is Cc1cc(C(=O)O)ccc1Oc1ccccn1. The molecule has 0 spiro atoms. The van der Waals surface area contributed by atoms with Gasteiger partial charge in [0.25, 0.3) is 0 Å². The van der Waals surface area contributed by atoms with E-state index in [9.17, 15) is 4.79 Å². The van der Waals surface area contributed by atoms with Gasteiger partial charge in [0.2, 0.25) is 5.88 Å². The summed E-state index contributed by atoms with van der Waals surface area (Å²) in [7, 11) is 0. The Bertz CT molecular complexity index is 538. The lowest BCUT2D eigenvalue weighted by atomic mass is 10.1. The number of carboxylic acid groups (broad SMARTS) is 1. The van der Waals surface area contributed by atoms with Crippen LogP contribution >= 0.6 is 0 Å². The number of benzene rings is 1. The van der Waals surface area contributed by atoms with Crippen LogP contribution < -0.4 is 4.74 Å². The third-order valence-corrected chi connectivity index (χ3v) is 2.27. The number of carboxylic acids is 1. The van der Waals surface area contributed by atoms with Gasteiger partial charge in [0, 0.05) is 12.3 Å². The van der Waals surface area contributed by atoms with Gasteiger partial charge >= 0.3 is 5.97 Å². The lowest BCUT2D eigenvalue weighted by Crippen LogP contribution is -1.97. The van der Waals surface area contributed by atoms with Crippen molar-refractivity contribution in [2.75, 3.05) is 0 Å². The van der Waals surface area contributed by atoms with Crippen molar-refractivity contribution in [3.63, 3.8) is 0 Å². The molecular weight excluding hydrogens is 218 g/mol. The molecule has 1 aromatic carbocycles. The number of rotatable bonds is 3. The van der Waals surface area contributed by atoms with Crippen molar-refractivity contribution in [2.24, 2.45) is 0 Å². The Balaban J connectivity index is 2.26. The van der Waals surface area contributed by atoms with Crippen molar-refractivity contribution in [3.8, 4) is 11.6 Å². The number of aryl methyl sites for hydroxylation is 1. The predicted molar refractivity (Wildman–Crippen MR) is 62.4 cm³/mol. The molecule has 0 aliphatic carbocycles. The van der Waals surface area contributed by atoms with E-state index in [1.54, 1.807) is 37.4 Å². The van der Waals surface area contributed by atoms with Gasteiger partial charge in [0.15, 0.2) is 0 Å². The molecular formula is C13H11NO3. The van der Waals surface area contributed by atoms with E-state index in [-0.39, 0.29) is 5.56 Å². The monoisotopic (exact) mass is 229 g/mol. The highest BCUT2D eigenvalue weighted by Gasteiger charge is 2.07. The number of hydrogen-bond acceptors (Lipinski definition) is 3. The molecule has 0 amide bonds. The Morgan fingerprint density at radius 2 is 2.12 bits per heavy atom. The van der Waals surface area contributed by atoms with Crippen LogP contribution in [0.25, 0.3) is 0 Å². The Kier molecular flexibility index (Phi) is 3.05. The van der Waals surface area contributed by atoms with Gasteiger partial charge in [-0.15, -0.1) is 0 Å². The van der Waals surface area contributed by atoms with Crippen molar-refractivity contribution in [3.05, 3.63) is 53.7 Å². The fourth-order valence-corrected chi connectivity index (χ4v) is 1.42. The van der Waals surface area contributed by atoms with E-state index in [1.165, 1.54) is 6.07 Å². The standard InChI is InChI=1S/C13H11NO3/c1-9-8-10(13(15)16)5-6-11(9)17-12-4-2-3-7-14-12/h2-8H,1H3,(H,15,16). The molecule has 4 nitrogen and oxygen atoms in total. The molecule has 0 saturated carbocycles. The van der Waals surface area contributed by atoms with Crippen molar-refractivity contribution >= 4 is 5.97 Å². The molecule has 0 bridgehead atoms.